The van der Waals surface area contributed by atoms with Crippen LogP contribution in [0.15, 0.2) is 36.4 Å². The molecule has 1 aliphatic rings. The van der Waals surface area contributed by atoms with Crippen molar-refractivity contribution in [3.63, 3.8) is 0 Å². The van der Waals surface area contributed by atoms with Crippen molar-refractivity contribution in [2.24, 2.45) is 5.73 Å². The first-order chi connectivity index (χ1) is 13.2. The number of nitrogens with zero attached hydrogens (tertiary/aromatic N) is 1. The van der Waals surface area contributed by atoms with E-state index in [1.54, 1.807) is 0 Å². The molecule has 0 aliphatic carbocycles. The topological polar surface area (TPSA) is 64.8 Å². The Morgan fingerprint density at radius 2 is 2.00 bits per heavy atom. The van der Waals surface area contributed by atoms with Crippen molar-refractivity contribution in [3.05, 3.63) is 41.3 Å². The Morgan fingerprint density at radius 1 is 1.26 bits per heavy atom. The first-order valence-corrected chi connectivity index (χ1v) is 10.5. The molecule has 2 aromatic rings. The van der Waals surface area contributed by atoms with Crippen LogP contribution in [-0.2, 0) is 4.74 Å². The monoisotopic (exact) mass is 388 g/mol. The first kappa shape index (κ1) is 19.9. The maximum Gasteiger partial charge on any atom is 0.267 e. The second-order valence-electron chi connectivity index (χ2n) is 6.61. The molecule has 1 aliphatic heterocycles. The minimum atomic E-state index is 0.0611. The number of thiophene rings is 1. The molecule has 0 unspecified atom stereocenters. The molecule has 1 saturated heterocycles. The lowest BCUT2D eigenvalue weighted by molar-refractivity contribution is 0.00851. The molecule has 1 amide bonds. The van der Waals surface area contributed by atoms with E-state index in [1.807, 2.05) is 36.1 Å². The van der Waals surface area contributed by atoms with Crippen LogP contribution in [0, 0.1) is 0 Å². The van der Waals surface area contributed by atoms with Crippen molar-refractivity contribution in [1.29, 1.82) is 0 Å². The summed E-state index contributed by atoms with van der Waals surface area (Å²) in [4.78, 5) is 16.8. The highest BCUT2D eigenvalue weighted by Gasteiger charge is 2.27. The predicted octanol–water partition coefficient (Wildman–Crippen LogP) is 3.78. The summed E-state index contributed by atoms with van der Waals surface area (Å²) in [6.45, 7) is 5.28. The van der Waals surface area contributed by atoms with Gasteiger partial charge in [0.1, 0.15) is 10.6 Å². The molecule has 0 spiro atoms. The summed E-state index contributed by atoms with van der Waals surface area (Å²) in [7, 11) is 0. The van der Waals surface area contributed by atoms with Gasteiger partial charge in [0.25, 0.3) is 5.91 Å². The molecule has 0 saturated carbocycles. The number of carbonyl (C=O) groups is 1. The van der Waals surface area contributed by atoms with E-state index in [1.165, 1.54) is 11.3 Å². The third-order valence-corrected chi connectivity index (χ3v) is 5.83. The van der Waals surface area contributed by atoms with Gasteiger partial charge in [-0.25, -0.2) is 0 Å². The fraction of sp³-hybridized carbons (Fsp3) is 0.476. The Hall–Kier alpha value is -1.89. The average molecular weight is 389 g/mol. The van der Waals surface area contributed by atoms with Crippen LogP contribution < -0.4 is 10.5 Å². The van der Waals surface area contributed by atoms with Gasteiger partial charge < -0.3 is 20.1 Å². The summed E-state index contributed by atoms with van der Waals surface area (Å²) in [5, 5.41) is 0. The number of nitrogens with two attached hydrogens (primary N) is 1. The molecule has 27 heavy (non-hydrogen) atoms. The van der Waals surface area contributed by atoms with Crippen LogP contribution in [0.1, 0.15) is 35.9 Å². The van der Waals surface area contributed by atoms with E-state index in [-0.39, 0.29) is 12.0 Å². The van der Waals surface area contributed by atoms with Crippen molar-refractivity contribution in [2.45, 2.75) is 32.3 Å². The number of ether oxygens (including phenoxy) is 2. The quantitative estimate of drug-likeness (QED) is 0.699. The SMILES string of the molecule is CCOc1cc(-c2ccccc2)sc1C(=O)N1CCC(OCCCN)CC1. The van der Waals surface area contributed by atoms with E-state index >= 15 is 0 Å². The second kappa shape index (κ2) is 9.88. The number of carbonyl (C=O) groups excluding carboxylic acids is 1. The fourth-order valence-electron chi connectivity index (χ4n) is 3.23. The maximum absolute atomic E-state index is 13.1. The first-order valence-electron chi connectivity index (χ1n) is 9.66. The van der Waals surface area contributed by atoms with Gasteiger partial charge in [-0.2, -0.15) is 0 Å². The van der Waals surface area contributed by atoms with Crippen molar-refractivity contribution in [1.82, 2.24) is 4.90 Å². The average Bonchev–Trinajstić information content (AvgIpc) is 3.13. The third-order valence-electron chi connectivity index (χ3n) is 4.68. The predicted molar refractivity (Wildman–Crippen MR) is 109 cm³/mol. The van der Waals surface area contributed by atoms with E-state index in [0.717, 1.165) is 42.8 Å². The summed E-state index contributed by atoms with van der Waals surface area (Å²) < 4.78 is 11.6. The van der Waals surface area contributed by atoms with Gasteiger partial charge in [0.15, 0.2) is 0 Å². The number of amides is 1. The van der Waals surface area contributed by atoms with Crippen LogP contribution in [0.3, 0.4) is 0 Å². The van der Waals surface area contributed by atoms with Gasteiger partial charge in [-0.1, -0.05) is 30.3 Å². The van der Waals surface area contributed by atoms with Gasteiger partial charge in [-0.3, -0.25) is 4.79 Å². The number of hydrogen-bond donors (Lipinski definition) is 1. The van der Waals surface area contributed by atoms with Crippen molar-refractivity contribution >= 4 is 17.2 Å². The molecule has 1 fully saturated rings. The Balaban J connectivity index is 1.68. The maximum atomic E-state index is 13.1. The standard InChI is InChI=1S/C21H28N2O3S/c1-2-25-18-15-19(16-7-4-3-5-8-16)27-20(18)21(24)23-12-9-17(10-13-23)26-14-6-11-22/h3-5,7-8,15,17H,2,6,9-14,22H2,1H3. The summed E-state index contributed by atoms with van der Waals surface area (Å²) >= 11 is 1.51. The van der Waals surface area contributed by atoms with Gasteiger partial charge >= 0.3 is 0 Å². The van der Waals surface area contributed by atoms with Gasteiger partial charge in [0, 0.05) is 24.6 Å². The van der Waals surface area contributed by atoms with Crippen molar-refractivity contribution in [2.75, 3.05) is 32.8 Å². The summed E-state index contributed by atoms with van der Waals surface area (Å²) in [6.07, 6.45) is 2.86. The molecule has 1 aromatic carbocycles. The largest absolute Gasteiger partial charge is 0.492 e. The Bertz CT molecular complexity index is 724. The molecule has 0 bridgehead atoms. The van der Waals surface area contributed by atoms with E-state index in [2.05, 4.69) is 12.1 Å². The number of piperidine rings is 1. The van der Waals surface area contributed by atoms with Crippen LogP contribution in [0.25, 0.3) is 10.4 Å². The second-order valence-corrected chi connectivity index (χ2v) is 7.66. The van der Waals surface area contributed by atoms with E-state index in [9.17, 15) is 4.79 Å². The molecular weight excluding hydrogens is 360 g/mol. The van der Waals surface area contributed by atoms with Crippen LogP contribution in [0.2, 0.25) is 0 Å². The summed E-state index contributed by atoms with van der Waals surface area (Å²) in [5.41, 5.74) is 6.62. The van der Waals surface area contributed by atoms with E-state index < -0.39 is 0 Å². The van der Waals surface area contributed by atoms with Crippen LogP contribution in [0.5, 0.6) is 5.75 Å². The third kappa shape index (κ3) is 5.09. The van der Waals surface area contributed by atoms with Crippen molar-refractivity contribution in [3.8, 4) is 16.2 Å². The number of likely N-dealkylation sites (tertiary alicyclic amines) is 1. The van der Waals surface area contributed by atoms with E-state index in [4.69, 9.17) is 15.2 Å². The molecule has 1 aromatic heterocycles. The summed E-state index contributed by atoms with van der Waals surface area (Å²) in [5.74, 6) is 0.749. The molecule has 0 radical (unpaired) electrons. The van der Waals surface area contributed by atoms with Crippen LogP contribution >= 0.6 is 11.3 Å². The van der Waals surface area contributed by atoms with Gasteiger partial charge in [0.05, 0.1) is 12.7 Å². The Kier molecular flexibility index (Phi) is 7.26. The molecule has 2 N–H and O–H groups in total. The zero-order chi connectivity index (χ0) is 19.1. The fourth-order valence-corrected chi connectivity index (χ4v) is 4.31. The lowest BCUT2D eigenvalue weighted by Gasteiger charge is -2.31. The minimum Gasteiger partial charge on any atom is -0.492 e. The van der Waals surface area contributed by atoms with Gasteiger partial charge in [-0.05, 0) is 44.4 Å². The highest BCUT2D eigenvalue weighted by atomic mass is 32.1. The molecular formula is C21H28N2O3S. The molecule has 6 heteroatoms. The number of benzene rings is 1. The molecule has 0 atom stereocenters. The Labute approximate surface area is 165 Å². The van der Waals surface area contributed by atoms with Gasteiger partial charge in [-0.15, -0.1) is 11.3 Å². The molecule has 5 nitrogen and oxygen atoms in total. The zero-order valence-electron chi connectivity index (χ0n) is 15.9. The normalized spacial score (nSPS) is 15.1. The lowest BCUT2D eigenvalue weighted by Crippen LogP contribution is -2.40. The molecule has 146 valence electrons. The van der Waals surface area contributed by atoms with Gasteiger partial charge in [0.2, 0.25) is 0 Å². The summed E-state index contributed by atoms with van der Waals surface area (Å²) in [6, 6.07) is 12.1. The minimum absolute atomic E-state index is 0.0611. The van der Waals surface area contributed by atoms with Crippen LogP contribution in [0.4, 0.5) is 0 Å². The van der Waals surface area contributed by atoms with E-state index in [0.29, 0.717) is 30.4 Å². The number of rotatable bonds is 8. The highest BCUT2D eigenvalue weighted by molar-refractivity contribution is 7.17. The molecule has 3 rings (SSSR count). The zero-order valence-corrected chi connectivity index (χ0v) is 16.7. The smallest absolute Gasteiger partial charge is 0.267 e. The molecule has 2 heterocycles. The Morgan fingerprint density at radius 3 is 2.67 bits per heavy atom. The lowest BCUT2D eigenvalue weighted by atomic mass is 10.1. The van der Waals surface area contributed by atoms with Crippen LogP contribution in [-0.4, -0.2) is 49.8 Å². The highest BCUT2D eigenvalue weighted by Crippen LogP contribution is 2.37. The number of hydrogen-bond acceptors (Lipinski definition) is 5. The van der Waals surface area contributed by atoms with Crippen molar-refractivity contribution < 1.29 is 14.3 Å².